The van der Waals surface area contributed by atoms with Crippen molar-refractivity contribution < 1.29 is 37.1 Å². The van der Waals surface area contributed by atoms with Crippen molar-refractivity contribution in [3.63, 3.8) is 0 Å². The smallest absolute Gasteiger partial charge is 0.473 e. The van der Waals surface area contributed by atoms with E-state index in [-0.39, 0.29) is 32.3 Å². The molecule has 0 aromatic heterocycles. The molecule has 2 fully saturated rings. The summed E-state index contributed by atoms with van der Waals surface area (Å²) >= 11 is 1.61. The van der Waals surface area contributed by atoms with E-state index >= 15 is 0 Å². The molecule has 0 aliphatic carbocycles. The summed E-state index contributed by atoms with van der Waals surface area (Å²) in [6.45, 7) is 7.21. The van der Waals surface area contributed by atoms with Crippen molar-refractivity contribution >= 4 is 32.6 Å². The number of amides is 4. The number of ether oxygens (including phenoxy) is 3. The van der Waals surface area contributed by atoms with Gasteiger partial charge in [0.05, 0.1) is 5.88 Å². The van der Waals surface area contributed by atoms with Crippen molar-refractivity contribution in [3.8, 4) is 17.2 Å². The lowest BCUT2D eigenvalue weighted by atomic mass is 10.3. The number of thioether (sulfide) groups is 1. The highest BCUT2D eigenvalue weighted by Crippen LogP contribution is 2.37. The lowest BCUT2D eigenvalue weighted by molar-refractivity contribution is 0.0376. The Morgan fingerprint density at radius 1 is 0.571 bits per heavy atom. The number of nitrogens with zero attached hydrogens (tertiary/aromatic N) is 4. The second kappa shape index (κ2) is 18.2. The van der Waals surface area contributed by atoms with Crippen LogP contribution < -0.4 is 14.2 Å². The first-order valence-electron chi connectivity index (χ1n) is 16.7. The van der Waals surface area contributed by atoms with Gasteiger partial charge in [-0.15, -0.1) is 11.8 Å². The second-order valence-corrected chi connectivity index (χ2v) is 15.0. The van der Waals surface area contributed by atoms with E-state index in [1.54, 1.807) is 31.4 Å². The van der Waals surface area contributed by atoms with Gasteiger partial charge in [0.15, 0.2) is 32.5 Å². The molecule has 0 saturated carbocycles. The van der Waals surface area contributed by atoms with Crippen LogP contribution in [0, 0.1) is 0 Å². The van der Waals surface area contributed by atoms with Crippen LogP contribution in [-0.4, -0.2) is 104 Å². The summed E-state index contributed by atoms with van der Waals surface area (Å²) in [5, 5.41) is 0. The molecule has 3 aromatic carbocycles. The van der Waals surface area contributed by atoms with Gasteiger partial charge in [-0.1, -0.05) is 54.6 Å². The molecule has 264 valence electrons. The third-order valence-corrected chi connectivity index (χ3v) is 12.2. The Bertz CT molecular complexity index is 1390. The van der Waals surface area contributed by atoms with Crippen molar-refractivity contribution in [1.29, 1.82) is 0 Å². The summed E-state index contributed by atoms with van der Waals surface area (Å²) in [5.41, 5.74) is 0. The van der Waals surface area contributed by atoms with E-state index in [1.165, 1.54) is 0 Å². The fourth-order valence-corrected chi connectivity index (χ4v) is 9.63. The summed E-state index contributed by atoms with van der Waals surface area (Å²) in [7, 11) is -2.78. The average molecular weight is 711 g/mol. The molecule has 3 aromatic rings. The molecule has 49 heavy (non-hydrogen) atoms. The molecule has 2 atom stereocenters. The third kappa shape index (κ3) is 9.19. The van der Waals surface area contributed by atoms with E-state index in [0.29, 0.717) is 49.0 Å². The summed E-state index contributed by atoms with van der Waals surface area (Å²) in [4.78, 5) is 34.8. The van der Waals surface area contributed by atoms with Gasteiger partial charge in [-0.25, -0.2) is 9.59 Å². The molecule has 2 aliphatic rings. The molecule has 4 amide bonds. The molecule has 2 saturated heterocycles. The van der Waals surface area contributed by atoms with Crippen LogP contribution >= 0.6 is 11.8 Å². The van der Waals surface area contributed by atoms with Gasteiger partial charge in [0.2, 0.25) is 0 Å². The number of carbonyl (C=O) groups is 2. The van der Waals surface area contributed by atoms with Crippen molar-refractivity contribution in [3.05, 3.63) is 91.0 Å². The van der Waals surface area contributed by atoms with E-state index in [0.717, 1.165) is 12.2 Å². The molecule has 2 heterocycles. The van der Waals surface area contributed by atoms with Crippen LogP contribution in [0.5, 0.6) is 17.2 Å². The topological polar surface area (TPSA) is 102 Å². The summed E-state index contributed by atoms with van der Waals surface area (Å²) in [6.07, 6.45) is -0.565. The summed E-state index contributed by atoms with van der Waals surface area (Å²) in [6, 6.07) is 28.0. The number of para-hydroxylation sites is 3. The van der Waals surface area contributed by atoms with E-state index in [4.69, 9.17) is 27.5 Å². The minimum absolute atomic E-state index is 0.0567. The van der Waals surface area contributed by atoms with E-state index < -0.39 is 21.1 Å². The van der Waals surface area contributed by atoms with Crippen LogP contribution in [0.4, 0.5) is 9.59 Å². The zero-order chi connectivity index (χ0) is 34.5. The molecule has 14 heteroatoms. The molecular formula is C35H46N4O8SSi. The summed E-state index contributed by atoms with van der Waals surface area (Å²) < 4.78 is 36.3. The lowest BCUT2D eigenvalue weighted by Crippen LogP contribution is -2.49. The van der Waals surface area contributed by atoms with Gasteiger partial charge in [-0.3, -0.25) is 19.6 Å². The Hall–Kier alpha value is -3.95. The maximum absolute atomic E-state index is 14.2. The number of rotatable bonds is 21. The van der Waals surface area contributed by atoms with Crippen LogP contribution in [0.2, 0.25) is 6.04 Å². The maximum atomic E-state index is 14.2. The predicted molar refractivity (Wildman–Crippen MR) is 189 cm³/mol. The highest BCUT2D eigenvalue weighted by molar-refractivity contribution is 7.99. The monoisotopic (exact) mass is 710 g/mol. The summed E-state index contributed by atoms with van der Waals surface area (Å²) in [5.74, 6) is 2.92. The van der Waals surface area contributed by atoms with Crippen molar-refractivity contribution in [2.45, 2.75) is 45.6 Å². The normalized spacial score (nSPS) is 17.5. The minimum Gasteiger partial charge on any atom is -0.473 e. The van der Waals surface area contributed by atoms with Gasteiger partial charge in [0.1, 0.15) is 17.2 Å². The van der Waals surface area contributed by atoms with Gasteiger partial charge in [-0.05, 0) is 69.3 Å². The predicted octanol–water partition coefficient (Wildman–Crippen LogP) is 6.35. The van der Waals surface area contributed by atoms with Crippen LogP contribution in [0.15, 0.2) is 91.0 Å². The van der Waals surface area contributed by atoms with Crippen molar-refractivity contribution in [2.24, 2.45) is 0 Å². The molecule has 5 rings (SSSR count). The zero-order valence-corrected chi connectivity index (χ0v) is 30.2. The van der Waals surface area contributed by atoms with E-state index in [2.05, 4.69) is 0 Å². The molecule has 12 nitrogen and oxygen atoms in total. The number of benzene rings is 3. The Morgan fingerprint density at radius 2 is 0.939 bits per heavy atom. The minimum atomic E-state index is -2.78. The molecule has 0 spiro atoms. The van der Waals surface area contributed by atoms with Gasteiger partial charge in [0, 0.05) is 25.9 Å². The fraction of sp³-hybridized carbons (Fsp3) is 0.429. The number of carbonyl (C=O) groups excluding carboxylic acids is 2. The molecule has 0 bridgehead atoms. The third-order valence-electron chi connectivity index (χ3n) is 7.96. The first-order valence-corrected chi connectivity index (χ1v) is 19.8. The van der Waals surface area contributed by atoms with Crippen molar-refractivity contribution in [1.82, 2.24) is 19.6 Å². The van der Waals surface area contributed by atoms with Crippen LogP contribution in [0.25, 0.3) is 0 Å². The number of hydrogen-bond acceptors (Lipinski definition) is 9. The molecule has 2 unspecified atom stereocenters. The van der Waals surface area contributed by atoms with E-state index in [9.17, 15) is 9.59 Å². The fourth-order valence-electron chi connectivity index (χ4n) is 5.83. The highest BCUT2D eigenvalue weighted by atomic mass is 32.2. The van der Waals surface area contributed by atoms with Gasteiger partial charge in [0.25, 0.3) is 0 Å². The first kappa shape index (κ1) is 36.3. The Balaban J connectivity index is 1.35. The quantitative estimate of drug-likeness (QED) is 0.0925. The Kier molecular flexibility index (Phi) is 13.5. The molecular weight excluding hydrogens is 665 g/mol. The highest BCUT2D eigenvalue weighted by Gasteiger charge is 2.60. The van der Waals surface area contributed by atoms with Crippen LogP contribution in [-0.2, 0) is 13.3 Å². The maximum Gasteiger partial charge on any atom is 0.500 e. The standard InChI is InChI=1S/C35H46N4O8SSi/c1-4-45-49(46-5-2,47-6-3)24-16-23-48-28-39-33-32(37(35(39)41)26-43-30-19-12-8-13-20-30)36(25-42-29-17-10-7-11-18-29)34(40)38(33)27-44-31-21-14-9-15-22-31/h7-15,17-22,32-33H,4-6,16,23-28H2,1-3H3. The number of fused-ring (bicyclic) bond motifs is 1. The Morgan fingerprint density at radius 3 is 1.33 bits per heavy atom. The molecule has 2 aliphatic heterocycles. The van der Waals surface area contributed by atoms with Gasteiger partial charge < -0.3 is 27.5 Å². The SMILES string of the molecule is CCO[Si](CCCSCN1C(=O)N(COc2ccccc2)C2C1N(COc1ccccc1)C(=O)N2COc1ccccc1)(OCC)OCC. The average Bonchev–Trinajstić information content (AvgIpc) is 3.54. The second-order valence-electron chi connectivity index (χ2n) is 11.2. The number of urea groups is 2. The zero-order valence-electron chi connectivity index (χ0n) is 28.3. The largest absolute Gasteiger partial charge is 0.500 e. The Labute approximate surface area is 294 Å². The number of hydrogen-bond donors (Lipinski definition) is 0. The van der Waals surface area contributed by atoms with Gasteiger partial charge >= 0.3 is 20.9 Å². The van der Waals surface area contributed by atoms with Gasteiger partial charge in [-0.2, -0.15) is 0 Å². The molecule has 0 N–H and O–H groups in total. The van der Waals surface area contributed by atoms with Crippen LogP contribution in [0.3, 0.4) is 0 Å². The van der Waals surface area contributed by atoms with E-state index in [1.807, 2.05) is 112 Å². The molecule has 0 radical (unpaired) electrons. The first-order chi connectivity index (χ1) is 24.0. The van der Waals surface area contributed by atoms with Crippen molar-refractivity contribution in [2.75, 3.05) is 51.6 Å². The lowest BCUT2D eigenvalue weighted by Gasteiger charge is -2.30. The van der Waals surface area contributed by atoms with Crippen LogP contribution in [0.1, 0.15) is 27.2 Å².